The van der Waals surface area contributed by atoms with Crippen molar-refractivity contribution in [2.24, 2.45) is 0 Å². The lowest BCUT2D eigenvalue weighted by Crippen LogP contribution is -2.49. The Morgan fingerprint density at radius 1 is 1.10 bits per heavy atom. The van der Waals surface area contributed by atoms with Crippen molar-refractivity contribution in [1.29, 1.82) is 0 Å². The molecule has 2 aromatic rings. The Morgan fingerprint density at radius 2 is 1.86 bits per heavy atom. The first-order valence-electron chi connectivity index (χ1n) is 9.97. The number of nitrogens with zero attached hydrogens (tertiary/aromatic N) is 1. The number of carbonyl (C=O) groups excluding carboxylic acids is 2. The molecule has 0 radical (unpaired) electrons. The van der Waals surface area contributed by atoms with Crippen molar-refractivity contribution in [1.82, 2.24) is 5.32 Å². The van der Waals surface area contributed by atoms with Gasteiger partial charge < -0.3 is 14.8 Å². The fourth-order valence-corrected chi connectivity index (χ4v) is 3.77. The Labute approximate surface area is 171 Å². The minimum atomic E-state index is -0.540. The molecule has 0 saturated carbocycles. The topological polar surface area (TPSA) is 67.9 Å². The Bertz CT molecular complexity index is 881. The van der Waals surface area contributed by atoms with Gasteiger partial charge in [-0.05, 0) is 48.6 Å². The van der Waals surface area contributed by atoms with Crippen LogP contribution in [0.1, 0.15) is 37.3 Å². The average Bonchev–Trinajstić information content (AvgIpc) is 2.91. The van der Waals surface area contributed by atoms with Crippen molar-refractivity contribution in [2.75, 3.05) is 19.1 Å². The molecule has 2 aromatic carbocycles. The van der Waals surface area contributed by atoms with Gasteiger partial charge in [-0.15, -0.1) is 0 Å². The summed E-state index contributed by atoms with van der Waals surface area (Å²) in [5, 5.41) is 2.98. The summed E-state index contributed by atoms with van der Waals surface area (Å²) in [5.41, 5.74) is 2.86. The van der Waals surface area contributed by atoms with Gasteiger partial charge in [0.2, 0.25) is 11.8 Å². The van der Waals surface area contributed by atoms with E-state index < -0.39 is 6.04 Å². The Morgan fingerprint density at radius 3 is 2.59 bits per heavy atom. The third kappa shape index (κ3) is 4.53. The van der Waals surface area contributed by atoms with E-state index in [1.807, 2.05) is 49.4 Å². The number of carbonyl (C=O) groups is 2. The Balaban J connectivity index is 1.78. The molecular weight excluding hydrogens is 368 g/mol. The van der Waals surface area contributed by atoms with Gasteiger partial charge in [-0.3, -0.25) is 14.5 Å². The quantitative estimate of drug-likeness (QED) is 0.778. The second-order valence-corrected chi connectivity index (χ2v) is 7.08. The molecule has 1 atom stereocenters. The van der Waals surface area contributed by atoms with E-state index in [4.69, 9.17) is 9.47 Å². The number of anilines is 1. The summed E-state index contributed by atoms with van der Waals surface area (Å²) < 4.78 is 10.6. The lowest BCUT2D eigenvalue weighted by Gasteiger charge is -2.30. The first-order chi connectivity index (χ1) is 14.1. The summed E-state index contributed by atoms with van der Waals surface area (Å²) in [6.07, 6.45) is 2.64. The number of benzene rings is 2. The maximum absolute atomic E-state index is 13.0. The SMILES string of the molecule is CCC(C(=O)NCc1ccc(OC)c(OC)c1)N1C(=O)CCCc2ccccc21. The Hall–Kier alpha value is -3.02. The molecule has 6 nitrogen and oxygen atoms in total. The largest absolute Gasteiger partial charge is 0.493 e. The summed E-state index contributed by atoms with van der Waals surface area (Å²) in [6, 6.07) is 12.9. The van der Waals surface area contributed by atoms with Crippen molar-refractivity contribution >= 4 is 17.5 Å². The van der Waals surface area contributed by atoms with Gasteiger partial charge in [-0.25, -0.2) is 0 Å². The number of rotatable bonds is 7. The van der Waals surface area contributed by atoms with Crippen LogP contribution in [0, 0.1) is 0 Å². The van der Waals surface area contributed by atoms with Crippen LogP contribution in [0.2, 0.25) is 0 Å². The summed E-state index contributed by atoms with van der Waals surface area (Å²) in [6.45, 7) is 2.28. The number of ether oxygens (including phenoxy) is 2. The molecule has 0 saturated heterocycles. The number of aryl methyl sites for hydroxylation is 1. The van der Waals surface area contributed by atoms with E-state index in [2.05, 4.69) is 5.32 Å². The van der Waals surface area contributed by atoms with Crippen LogP contribution in [0.4, 0.5) is 5.69 Å². The van der Waals surface area contributed by atoms with Gasteiger partial charge in [0.1, 0.15) is 6.04 Å². The van der Waals surface area contributed by atoms with Gasteiger partial charge in [0.15, 0.2) is 11.5 Å². The van der Waals surface area contributed by atoms with Crippen molar-refractivity contribution in [3.05, 3.63) is 53.6 Å². The van der Waals surface area contributed by atoms with Crippen LogP contribution in [0.15, 0.2) is 42.5 Å². The fourth-order valence-electron chi connectivity index (χ4n) is 3.77. The fraction of sp³-hybridized carbons (Fsp3) is 0.391. The monoisotopic (exact) mass is 396 g/mol. The second-order valence-electron chi connectivity index (χ2n) is 7.08. The predicted molar refractivity (Wildman–Crippen MR) is 112 cm³/mol. The molecule has 0 aliphatic carbocycles. The number of para-hydroxylation sites is 1. The van der Waals surface area contributed by atoms with E-state index in [1.165, 1.54) is 0 Å². The number of hydrogen-bond donors (Lipinski definition) is 1. The molecule has 1 heterocycles. The number of amides is 2. The molecule has 0 fully saturated rings. The van der Waals surface area contributed by atoms with E-state index in [0.717, 1.165) is 29.7 Å². The van der Waals surface area contributed by atoms with Gasteiger partial charge in [0.05, 0.1) is 14.2 Å². The Kier molecular flexibility index (Phi) is 6.75. The highest BCUT2D eigenvalue weighted by Gasteiger charge is 2.32. The first kappa shape index (κ1) is 20.7. The van der Waals surface area contributed by atoms with E-state index >= 15 is 0 Å². The third-order valence-corrected chi connectivity index (χ3v) is 5.27. The van der Waals surface area contributed by atoms with Crippen LogP contribution in [-0.2, 0) is 22.6 Å². The standard InChI is InChI=1S/C23H28N2O4/c1-4-18(25-19-10-6-5-8-17(19)9-7-11-22(25)26)23(27)24-15-16-12-13-20(28-2)21(14-16)29-3/h5-6,8,10,12-14,18H,4,7,9,11,15H2,1-3H3,(H,24,27). The predicted octanol–water partition coefficient (Wildman–Crippen LogP) is 3.47. The lowest BCUT2D eigenvalue weighted by molar-refractivity contribution is -0.126. The molecule has 29 heavy (non-hydrogen) atoms. The molecule has 0 spiro atoms. The lowest BCUT2D eigenvalue weighted by atomic mass is 10.1. The van der Waals surface area contributed by atoms with Gasteiger partial charge in [-0.2, -0.15) is 0 Å². The van der Waals surface area contributed by atoms with Crippen LogP contribution in [-0.4, -0.2) is 32.1 Å². The second kappa shape index (κ2) is 9.45. The zero-order chi connectivity index (χ0) is 20.8. The maximum Gasteiger partial charge on any atom is 0.243 e. The first-order valence-corrected chi connectivity index (χ1v) is 9.97. The zero-order valence-electron chi connectivity index (χ0n) is 17.2. The van der Waals surface area contributed by atoms with E-state index in [-0.39, 0.29) is 11.8 Å². The highest BCUT2D eigenvalue weighted by atomic mass is 16.5. The molecule has 0 aromatic heterocycles. The highest BCUT2D eigenvalue weighted by molar-refractivity contribution is 6.01. The van der Waals surface area contributed by atoms with Crippen LogP contribution >= 0.6 is 0 Å². The molecule has 6 heteroatoms. The van der Waals surface area contributed by atoms with Gasteiger partial charge in [0.25, 0.3) is 0 Å². The minimum absolute atomic E-state index is 0.00284. The van der Waals surface area contributed by atoms with E-state index in [1.54, 1.807) is 19.1 Å². The molecule has 1 unspecified atom stereocenters. The summed E-state index contributed by atoms with van der Waals surface area (Å²) in [5.74, 6) is 1.10. The maximum atomic E-state index is 13.0. The molecule has 1 aliphatic rings. The molecular formula is C23H28N2O4. The zero-order valence-corrected chi connectivity index (χ0v) is 17.2. The highest BCUT2D eigenvalue weighted by Crippen LogP contribution is 2.30. The molecule has 154 valence electrons. The number of hydrogen-bond acceptors (Lipinski definition) is 4. The summed E-state index contributed by atoms with van der Waals surface area (Å²) in [7, 11) is 3.16. The van der Waals surface area contributed by atoms with Crippen LogP contribution in [0.3, 0.4) is 0 Å². The van der Waals surface area contributed by atoms with Crippen molar-refractivity contribution in [3.63, 3.8) is 0 Å². The van der Waals surface area contributed by atoms with Crippen LogP contribution in [0.25, 0.3) is 0 Å². The molecule has 1 N–H and O–H groups in total. The third-order valence-electron chi connectivity index (χ3n) is 5.27. The minimum Gasteiger partial charge on any atom is -0.493 e. The van der Waals surface area contributed by atoms with Gasteiger partial charge in [0, 0.05) is 18.7 Å². The van der Waals surface area contributed by atoms with Crippen molar-refractivity contribution in [3.8, 4) is 11.5 Å². The average molecular weight is 396 g/mol. The van der Waals surface area contributed by atoms with Crippen molar-refractivity contribution in [2.45, 2.75) is 45.2 Å². The summed E-state index contributed by atoms with van der Waals surface area (Å²) in [4.78, 5) is 27.5. The van der Waals surface area contributed by atoms with Crippen LogP contribution < -0.4 is 19.7 Å². The van der Waals surface area contributed by atoms with Gasteiger partial charge >= 0.3 is 0 Å². The molecule has 1 aliphatic heterocycles. The summed E-state index contributed by atoms with van der Waals surface area (Å²) >= 11 is 0. The van der Waals surface area contributed by atoms with Gasteiger partial charge in [-0.1, -0.05) is 31.2 Å². The van der Waals surface area contributed by atoms with E-state index in [9.17, 15) is 9.59 Å². The molecule has 0 bridgehead atoms. The molecule has 3 rings (SSSR count). The number of fused-ring (bicyclic) bond motifs is 1. The van der Waals surface area contributed by atoms with Crippen LogP contribution in [0.5, 0.6) is 11.5 Å². The van der Waals surface area contributed by atoms with Crippen molar-refractivity contribution < 1.29 is 19.1 Å². The number of methoxy groups -OCH3 is 2. The number of nitrogens with one attached hydrogen (secondary N) is 1. The normalized spacial score (nSPS) is 14.6. The van der Waals surface area contributed by atoms with E-state index in [0.29, 0.717) is 30.9 Å². The smallest absolute Gasteiger partial charge is 0.243 e. The molecule has 2 amide bonds.